The summed E-state index contributed by atoms with van der Waals surface area (Å²) in [7, 11) is 1.38. The normalized spacial score (nSPS) is 15.4. The van der Waals surface area contributed by atoms with Crippen LogP contribution in [0.15, 0.2) is 30.3 Å². The number of carbonyl (C=O) groups excluding carboxylic acids is 2. The molecule has 0 saturated heterocycles. The average molecular weight is 383 g/mol. The lowest BCUT2D eigenvalue weighted by molar-refractivity contribution is -0.149. The van der Waals surface area contributed by atoms with Gasteiger partial charge in [0.1, 0.15) is 11.5 Å². The van der Waals surface area contributed by atoms with Gasteiger partial charge in [-0.25, -0.2) is 4.98 Å². The number of fused-ring (bicyclic) bond motifs is 1. The number of rotatable bonds is 5. The smallest absolute Gasteiger partial charge is 0.309 e. The fourth-order valence-electron chi connectivity index (χ4n) is 3.92. The quantitative estimate of drug-likeness (QED) is 0.556. The van der Waals surface area contributed by atoms with Gasteiger partial charge in [-0.1, -0.05) is 57.5 Å². The number of aromatic nitrogens is 2. The number of ether oxygens (including phenoxy) is 1. The van der Waals surface area contributed by atoms with Crippen LogP contribution in [0.1, 0.15) is 62.6 Å². The van der Waals surface area contributed by atoms with Crippen molar-refractivity contribution in [2.24, 2.45) is 11.3 Å². The van der Waals surface area contributed by atoms with Gasteiger partial charge in [-0.2, -0.15) is 0 Å². The van der Waals surface area contributed by atoms with Crippen LogP contribution in [0.4, 0.5) is 0 Å². The number of hydrogen-bond donors (Lipinski definition) is 0. The Morgan fingerprint density at radius 3 is 2.50 bits per heavy atom. The van der Waals surface area contributed by atoms with Gasteiger partial charge in [0.2, 0.25) is 0 Å². The Kier molecular flexibility index (Phi) is 6.01. The zero-order valence-corrected chi connectivity index (χ0v) is 17.3. The van der Waals surface area contributed by atoms with E-state index in [2.05, 4.69) is 4.57 Å². The first kappa shape index (κ1) is 20.3. The summed E-state index contributed by atoms with van der Waals surface area (Å²) in [5.41, 5.74) is 2.20. The molecule has 28 heavy (non-hydrogen) atoms. The molecule has 0 aliphatic carbocycles. The van der Waals surface area contributed by atoms with Crippen molar-refractivity contribution in [2.75, 3.05) is 7.11 Å². The number of hydrogen-bond acceptors (Lipinski definition) is 4. The predicted octanol–water partition coefficient (Wildman–Crippen LogP) is 4.68. The molecule has 0 amide bonds. The van der Waals surface area contributed by atoms with E-state index in [1.54, 1.807) is 0 Å². The maximum Gasteiger partial charge on any atom is 0.309 e. The molecule has 0 spiro atoms. The Balaban J connectivity index is 2.00. The number of Topliss-reactive ketones (excluding diaryl/α,β-unsaturated/α-hetero) is 1. The van der Waals surface area contributed by atoms with Crippen LogP contribution in [0, 0.1) is 11.3 Å². The molecule has 0 fully saturated rings. The lowest BCUT2D eigenvalue weighted by Gasteiger charge is -2.27. The Bertz CT molecular complexity index is 847. The molecule has 0 unspecified atom stereocenters. The van der Waals surface area contributed by atoms with Gasteiger partial charge in [-0.15, -0.1) is 0 Å². The third-order valence-electron chi connectivity index (χ3n) is 5.58. The summed E-state index contributed by atoms with van der Waals surface area (Å²) in [6.07, 6.45) is 4.26. The van der Waals surface area contributed by atoms with Crippen molar-refractivity contribution in [1.82, 2.24) is 9.55 Å². The van der Waals surface area contributed by atoms with E-state index in [0.717, 1.165) is 49.3 Å². The Morgan fingerprint density at radius 1 is 1.14 bits per heavy atom. The molecule has 150 valence electrons. The van der Waals surface area contributed by atoms with Crippen molar-refractivity contribution in [3.63, 3.8) is 0 Å². The first-order chi connectivity index (χ1) is 13.3. The number of methoxy groups -OCH3 is 1. The van der Waals surface area contributed by atoms with Gasteiger partial charge in [0.25, 0.3) is 0 Å². The number of benzene rings is 1. The molecule has 1 aromatic carbocycles. The molecule has 5 heteroatoms. The molecule has 1 aromatic heterocycles. The summed E-state index contributed by atoms with van der Waals surface area (Å²) in [4.78, 5) is 30.3. The van der Waals surface area contributed by atoms with Gasteiger partial charge in [-0.05, 0) is 24.7 Å². The van der Waals surface area contributed by atoms with Crippen LogP contribution >= 0.6 is 0 Å². The predicted molar refractivity (Wildman–Crippen MR) is 109 cm³/mol. The summed E-state index contributed by atoms with van der Waals surface area (Å²) >= 11 is 0. The molecule has 0 N–H and O–H groups in total. The number of esters is 1. The van der Waals surface area contributed by atoms with E-state index < -0.39 is 5.92 Å². The second kappa shape index (κ2) is 8.29. The molecular weight excluding hydrogens is 352 g/mol. The van der Waals surface area contributed by atoms with Crippen LogP contribution < -0.4 is 0 Å². The van der Waals surface area contributed by atoms with Gasteiger partial charge in [0.05, 0.1) is 13.0 Å². The second-order valence-electron chi connectivity index (χ2n) is 8.63. The van der Waals surface area contributed by atoms with Crippen LogP contribution in [0.5, 0.6) is 0 Å². The summed E-state index contributed by atoms with van der Waals surface area (Å²) in [5.74, 6) is -0.0490. The van der Waals surface area contributed by atoms with Crippen molar-refractivity contribution < 1.29 is 14.3 Å². The highest BCUT2D eigenvalue weighted by Gasteiger charge is 2.36. The number of carbonyl (C=O) groups is 2. The molecule has 1 aliphatic rings. The molecule has 2 heterocycles. The largest absolute Gasteiger partial charge is 0.469 e. The molecule has 3 rings (SSSR count). The fraction of sp³-hybridized carbons (Fsp3) is 0.522. The minimum Gasteiger partial charge on any atom is -0.469 e. The van der Waals surface area contributed by atoms with E-state index in [1.807, 2.05) is 51.1 Å². The molecule has 1 aliphatic heterocycles. The van der Waals surface area contributed by atoms with E-state index in [4.69, 9.17) is 9.72 Å². The summed E-state index contributed by atoms with van der Waals surface area (Å²) in [5, 5.41) is 0. The number of ketones is 1. The monoisotopic (exact) mass is 382 g/mol. The minimum absolute atomic E-state index is 0.0712. The van der Waals surface area contributed by atoms with Crippen LogP contribution in [0.25, 0.3) is 11.4 Å². The third kappa shape index (κ3) is 4.18. The summed E-state index contributed by atoms with van der Waals surface area (Å²) < 4.78 is 7.17. The lowest BCUT2D eigenvalue weighted by atomic mass is 9.77. The highest BCUT2D eigenvalue weighted by atomic mass is 16.5. The standard InChI is InChI=1S/C23H30N2O3/c1-23(2,3)17(22(27)28-4)15-19(26)20-18-13-9-6-10-14-25(18)21(24-20)16-11-7-5-8-12-16/h5,7-8,11-12,17H,6,9-10,13-15H2,1-4H3/t17-/m1/s1. The summed E-state index contributed by atoms with van der Waals surface area (Å²) in [6, 6.07) is 10.0. The van der Waals surface area contributed by atoms with Crippen molar-refractivity contribution in [2.45, 2.75) is 59.4 Å². The molecular formula is C23H30N2O3. The van der Waals surface area contributed by atoms with Crippen molar-refractivity contribution in [1.29, 1.82) is 0 Å². The second-order valence-corrected chi connectivity index (χ2v) is 8.63. The molecule has 1 atom stereocenters. The van der Waals surface area contributed by atoms with Gasteiger partial charge in [0, 0.05) is 24.2 Å². The summed E-state index contributed by atoms with van der Waals surface area (Å²) in [6.45, 7) is 6.76. The molecule has 2 aromatic rings. The van der Waals surface area contributed by atoms with E-state index in [9.17, 15) is 9.59 Å². The SMILES string of the molecule is COC(=O)[C@@H](CC(=O)c1nc(-c2ccccc2)n2c1CCCCC2)C(C)(C)C. The number of nitrogens with zero attached hydrogens (tertiary/aromatic N) is 2. The zero-order valence-electron chi connectivity index (χ0n) is 17.3. The Hall–Kier alpha value is -2.43. The minimum atomic E-state index is -0.492. The molecule has 0 saturated carbocycles. The fourth-order valence-corrected chi connectivity index (χ4v) is 3.92. The van der Waals surface area contributed by atoms with E-state index in [1.165, 1.54) is 7.11 Å². The molecule has 0 radical (unpaired) electrons. The van der Waals surface area contributed by atoms with E-state index in [0.29, 0.717) is 5.69 Å². The van der Waals surface area contributed by atoms with Crippen LogP contribution in [0.2, 0.25) is 0 Å². The maximum atomic E-state index is 13.3. The van der Waals surface area contributed by atoms with Crippen LogP contribution in [0.3, 0.4) is 0 Å². The van der Waals surface area contributed by atoms with Gasteiger partial charge in [0.15, 0.2) is 5.78 Å². The van der Waals surface area contributed by atoms with E-state index >= 15 is 0 Å². The third-order valence-corrected chi connectivity index (χ3v) is 5.58. The van der Waals surface area contributed by atoms with Crippen molar-refractivity contribution in [3.05, 3.63) is 41.7 Å². The Morgan fingerprint density at radius 2 is 1.86 bits per heavy atom. The molecule has 0 bridgehead atoms. The average Bonchev–Trinajstić information content (AvgIpc) is 2.86. The molecule has 5 nitrogen and oxygen atoms in total. The van der Waals surface area contributed by atoms with Crippen LogP contribution in [-0.2, 0) is 22.5 Å². The van der Waals surface area contributed by atoms with Crippen molar-refractivity contribution in [3.8, 4) is 11.4 Å². The van der Waals surface area contributed by atoms with Gasteiger partial charge in [-0.3, -0.25) is 9.59 Å². The van der Waals surface area contributed by atoms with Gasteiger partial charge >= 0.3 is 5.97 Å². The maximum absolute atomic E-state index is 13.3. The number of imidazole rings is 1. The Labute approximate surface area is 167 Å². The topological polar surface area (TPSA) is 61.2 Å². The van der Waals surface area contributed by atoms with Crippen molar-refractivity contribution >= 4 is 11.8 Å². The van der Waals surface area contributed by atoms with Gasteiger partial charge < -0.3 is 9.30 Å². The van der Waals surface area contributed by atoms with E-state index in [-0.39, 0.29) is 23.6 Å². The first-order valence-electron chi connectivity index (χ1n) is 10.1. The highest BCUT2D eigenvalue weighted by Crippen LogP contribution is 2.33. The van der Waals surface area contributed by atoms with Crippen LogP contribution in [-0.4, -0.2) is 28.4 Å². The first-order valence-corrected chi connectivity index (χ1v) is 10.1. The highest BCUT2D eigenvalue weighted by molar-refractivity contribution is 5.98. The lowest BCUT2D eigenvalue weighted by Crippen LogP contribution is -2.32. The zero-order chi connectivity index (χ0) is 20.3.